The molecule has 1 N–H and O–H groups in total. The summed E-state index contributed by atoms with van der Waals surface area (Å²) in [6, 6.07) is 2.76. The predicted octanol–water partition coefficient (Wildman–Crippen LogP) is 2.83. The smallest absolute Gasteiger partial charge is 0.0534 e. The Labute approximate surface area is 110 Å². The third-order valence-electron chi connectivity index (χ3n) is 4.87. The van der Waals surface area contributed by atoms with E-state index < -0.39 is 0 Å². The van der Waals surface area contributed by atoms with Crippen LogP contribution in [0.15, 0.2) is 18.5 Å². The van der Waals surface area contributed by atoms with Crippen molar-refractivity contribution in [1.82, 2.24) is 15.1 Å². The second-order valence-electron chi connectivity index (χ2n) is 6.04. The average molecular weight is 247 g/mol. The number of nitrogens with one attached hydrogen (secondary N) is 1. The van der Waals surface area contributed by atoms with Crippen molar-refractivity contribution in [2.45, 2.75) is 57.5 Å². The van der Waals surface area contributed by atoms with Crippen LogP contribution in [0.5, 0.6) is 0 Å². The van der Waals surface area contributed by atoms with E-state index in [1.807, 2.05) is 23.1 Å². The van der Waals surface area contributed by atoms with Crippen molar-refractivity contribution < 1.29 is 0 Å². The normalized spacial score (nSPS) is 32.1. The zero-order valence-electron chi connectivity index (χ0n) is 11.2. The van der Waals surface area contributed by atoms with Gasteiger partial charge in [-0.15, -0.1) is 0 Å². The Hall–Kier alpha value is -0.830. The molecule has 3 rings (SSSR count). The van der Waals surface area contributed by atoms with Crippen molar-refractivity contribution in [3.05, 3.63) is 18.5 Å². The van der Waals surface area contributed by atoms with Gasteiger partial charge in [0, 0.05) is 25.0 Å². The van der Waals surface area contributed by atoms with Gasteiger partial charge < -0.3 is 5.32 Å². The molecule has 0 saturated heterocycles. The highest BCUT2D eigenvalue weighted by Gasteiger charge is 2.31. The first-order valence-corrected chi connectivity index (χ1v) is 7.62. The standard InChI is InChI=1S/C15H25N3/c1-2-5-14-12-15(7-6-13(14)4-1)16-9-11-18-10-3-8-17-18/h3,8,10,13-16H,1-2,4-7,9,11-12H2. The Morgan fingerprint density at radius 1 is 1.11 bits per heavy atom. The monoisotopic (exact) mass is 247 g/mol. The largest absolute Gasteiger partial charge is 0.312 e. The molecule has 0 aromatic carbocycles. The molecular weight excluding hydrogens is 222 g/mol. The highest BCUT2D eigenvalue weighted by Crippen LogP contribution is 2.40. The molecule has 0 bridgehead atoms. The fraction of sp³-hybridized carbons (Fsp3) is 0.800. The first-order chi connectivity index (χ1) is 8.92. The minimum Gasteiger partial charge on any atom is -0.312 e. The molecule has 0 radical (unpaired) electrons. The van der Waals surface area contributed by atoms with E-state index in [1.165, 1.54) is 44.9 Å². The van der Waals surface area contributed by atoms with Gasteiger partial charge in [-0.3, -0.25) is 4.68 Å². The van der Waals surface area contributed by atoms with Crippen LogP contribution < -0.4 is 5.32 Å². The molecule has 2 aliphatic rings. The molecule has 0 amide bonds. The molecule has 1 heterocycles. The van der Waals surface area contributed by atoms with Crippen LogP contribution in [-0.4, -0.2) is 22.4 Å². The van der Waals surface area contributed by atoms with E-state index in [1.54, 1.807) is 0 Å². The average Bonchev–Trinajstić information content (AvgIpc) is 2.92. The summed E-state index contributed by atoms with van der Waals surface area (Å²) in [6.45, 7) is 2.06. The molecule has 2 saturated carbocycles. The number of fused-ring (bicyclic) bond motifs is 1. The summed E-state index contributed by atoms with van der Waals surface area (Å²) in [5.41, 5.74) is 0. The Morgan fingerprint density at radius 3 is 2.83 bits per heavy atom. The quantitative estimate of drug-likeness (QED) is 0.886. The van der Waals surface area contributed by atoms with E-state index in [-0.39, 0.29) is 0 Å². The Balaban J connectivity index is 1.41. The highest BCUT2D eigenvalue weighted by atomic mass is 15.3. The van der Waals surface area contributed by atoms with Crippen molar-refractivity contribution in [3.63, 3.8) is 0 Å². The van der Waals surface area contributed by atoms with Crippen molar-refractivity contribution in [2.75, 3.05) is 6.54 Å². The van der Waals surface area contributed by atoms with Crippen LogP contribution in [0.3, 0.4) is 0 Å². The second-order valence-corrected chi connectivity index (χ2v) is 6.04. The van der Waals surface area contributed by atoms with E-state index >= 15 is 0 Å². The predicted molar refractivity (Wildman–Crippen MR) is 73.3 cm³/mol. The highest BCUT2D eigenvalue weighted by molar-refractivity contribution is 4.86. The minimum absolute atomic E-state index is 0.764. The molecule has 0 aliphatic heterocycles. The van der Waals surface area contributed by atoms with Crippen LogP contribution in [0.1, 0.15) is 44.9 Å². The third-order valence-corrected chi connectivity index (χ3v) is 4.87. The Morgan fingerprint density at radius 2 is 2.00 bits per heavy atom. The molecular formula is C15H25N3. The van der Waals surface area contributed by atoms with Crippen LogP contribution in [0.4, 0.5) is 0 Å². The molecule has 3 nitrogen and oxygen atoms in total. The van der Waals surface area contributed by atoms with Gasteiger partial charge in [0.25, 0.3) is 0 Å². The number of aromatic nitrogens is 2. The maximum absolute atomic E-state index is 4.24. The van der Waals surface area contributed by atoms with E-state index in [0.29, 0.717) is 0 Å². The summed E-state index contributed by atoms with van der Waals surface area (Å²) >= 11 is 0. The first kappa shape index (κ1) is 12.2. The van der Waals surface area contributed by atoms with Crippen LogP contribution >= 0.6 is 0 Å². The van der Waals surface area contributed by atoms with Crippen LogP contribution in [0.25, 0.3) is 0 Å². The van der Waals surface area contributed by atoms with Gasteiger partial charge >= 0.3 is 0 Å². The van der Waals surface area contributed by atoms with E-state index in [4.69, 9.17) is 0 Å². The molecule has 3 unspecified atom stereocenters. The van der Waals surface area contributed by atoms with Gasteiger partial charge in [0.05, 0.1) is 6.54 Å². The Bertz CT molecular complexity index is 347. The molecule has 3 atom stereocenters. The molecule has 0 spiro atoms. The van der Waals surface area contributed by atoms with Gasteiger partial charge in [-0.25, -0.2) is 0 Å². The number of rotatable bonds is 4. The van der Waals surface area contributed by atoms with E-state index in [9.17, 15) is 0 Å². The number of hydrogen-bond acceptors (Lipinski definition) is 2. The number of hydrogen-bond donors (Lipinski definition) is 1. The zero-order valence-corrected chi connectivity index (χ0v) is 11.2. The lowest BCUT2D eigenvalue weighted by molar-refractivity contribution is 0.143. The van der Waals surface area contributed by atoms with Gasteiger partial charge in [0.2, 0.25) is 0 Å². The Kier molecular flexibility index (Phi) is 3.99. The maximum atomic E-state index is 4.24. The molecule has 3 heteroatoms. The van der Waals surface area contributed by atoms with Crippen molar-refractivity contribution in [1.29, 1.82) is 0 Å². The molecule has 18 heavy (non-hydrogen) atoms. The minimum atomic E-state index is 0.764. The summed E-state index contributed by atoms with van der Waals surface area (Å²) in [7, 11) is 0. The van der Waals surface area contributed by atoms with E-state index in [2.05, 4.69) is 10.4 Å². The number of nitrogens with zero attached hydrogens (tertiary/aromatic N) is 2. The summed E-state index contributed by atoms with van der Waals surface area (Å²) < 4.78 is 2.01. The van der Waals surface area contributed by atoms with Gasteiger partial charge in [0.1, 0.15) is 0 Å². The summed E-state index contributed by atoms with van der Waals surface area (Å²) in [6.07, 6.45) is 14.1. The SMILES string of the molecule is c1cnn(CCNC2CCC3CCCCC3C2)c1. The van der Waals surface area contributed by atoms with Crippen molar-refractivity contribution in [2.24, 2.45) is 11.8 Å². The lowest BCUT2D eigenvalue weighted by atomic mass is 9.69. The summed E-state index contributed by atoms with van der Waals surface area (Å²) in [5, 5.41) is 7.97. The van der Waals surface area contributed by atoms with Crippen LogP contribution in [-0.2, 0) is 6.54 Å². The molecule has 1 aromatic heterocycles. The molecule has 2 fully saturated rings. The topological polar surface area (TPSA) is 29.9 Å². The molecule has 1 aromatic rings. The second kappa shape index (κ2) is 5.87. The van der Waals surface area contributed by atoms with Crippen molar-refractivity contribution in [3.8, 4) is 0 Å². The maximum Gasteiger partial charge on any atom is 0.0534 e. The summed E-state index contributed by atoms with van der Waals surface area (Å²) in [5.74, 6) is 2.08. The fourth-order valence-electron chi connectivity index (χ4n) is 3.87. The van der Waals surface area contributed by atoms with Gasteiger partial charge in [-0.1, -0.05) is 25.7 Å². The fourth-order valence-corrected chi connectivity index (χ4v) is 3.87. The van der Waals surface area contributed by atoms with Gasteiger partial charge in [-0.2, -0.15) is 5.10 Å². The summed E-state index contributed by atoms with van der Waals surface area (Å²) in [4.78, 5) is 0. The lowest BCUT2D eigenvalue weighted by Crippen LogP contribution is -2.40. The molecule has 2 aliphatic carbocycles. The van der Waals surface area contributed by atoms with Gasteiger partial charge in [-0.05, 0) is 37.2 Å². The van der Waals surface area contributed by atoms with Crippen molar-refractivity contribution >= 4 is 0 Å². The first-order valence-electron chi connectivity index (χ1n) is 7.62. The molecule has 100 valence electrons. The lowest BCUT2D eigenvalue weighted by Gasteiger charge is -2.39. The van der Waals surface area contributed by atoms with Crippen LogP contribution in [0, 0.1) is 11.8 Å². The third kappa shape index (κ3) is 2.94. The zero-order chi connectivity index (χ0) is 12.2. The van der Waals surface area contributed by atoms with E-state index in [0.717, 1.165) is 31.0 Å². The van der Waals surface area contributed by atoms with Crippen LogP contribution in [0.2, 0.25) is 0 Å². The van der Waals surface area contributed by atoms with Gasteiger partial charge in [0.15, 0.2) is 0 Å².